The third-order valence-electron chi connectivity index (χ3n) is 1.82. The molecule has 0 aliphatic carbocycles. The number of halogens is 1. The minimum absolute atomic E-state index is 0.296. The average Bonchev–Trinajstić information content (AvgIpc) is 2.00. The van der Waals surface area contributed by atoms with Crippen LogP contribution in [0.25, 0.3) is 0 Å². The first-order valence-electron chi connectivity index (χ1n) is 4.16. The summed E-state index contributed by atoms with van der Waals surface area (Å²) in [6.45, 7) is 1.68. The molecule has 0 unspecified atom stereocenters. The van der Waals surface area contributed by atoms with Crippen LogP contribution in [0, 0.1) is 12.7 Å². The van der Waals surface area contributed by atoms with Gasteiger partial charge in [0.25, 0.3) is 0 Å². The van der Waals surface area contributed by atoms with Crippen molar-refractivity contribution in [3.05, 3.63) is 35.1 Å². The SMILES string of the molecule is Cc1cc(F)cc([C@@H](O)CC(=O)O)c1. The number of rotatable bonds is 3. The lowest BCUT2D eigenvalue weighted by atomic mass is 10.0. The highest BCUT2D eigenvalue weighted by atomic mass is 19.1. The number of carboxylic acid groups (broad SMARTS) is 1. The molecule has 1 aromatic rings. The molecule has 0 amide bonds. The summed E-state index contributed by atoms with van der Waals surface area (Å²) in [5, 5.41) is 17.8. The molecule has 0 radical (unpaired) electrons. The molecule has 0 fully saturated rings. The molecule has 0 heterocycles. The number of aliphatic hydroxyl groups is 1. The Morgan fingerprint density at radius 1 is 1.50 bits per heavy atom. The monoisotopic (exact) mass is 198 g/mol. The van der Waals surface area contributed by atoms with Crippen molar-refractivity contribution in [2.75, 3.05) is 0 Å². The van der Waals surface area contributed by atoms with Crippen molar-refractivity contribution in [2.45, 2.75) is 19.4 Å². The van der Waals surface area contributed by atoms with Crippen LogP contribution in [0.15, 0.2) is 18.2 Å². The second-order valence-corrected chi connectivity index (χ2v) is 3.18. The molecule has 0 aromatic heterocycles. The molecular weight excluding hydrogens is 187 g/mol. The fraction of sp³-hybridized carbons (Fsp3) is 0.300. The molecule has 0 aliphatic rings. The van der Waals surface area contributed by atoms with E-state index in [0.29, 0.717) is 11.1 Å². The number of hydrogen-bond acceptors (Lipinski definition) is 2. The zero-order valence-electron chi connectivity index (χ0n) is 7.70. The highest BCUT2D eigenvalue weighted by molar-refractivity contribution is 5.67. The molecule has 0 saturated heterocycles. The molecule has 1 aromatic carbocycles. The Labute approximate surface area is 80.8 Å². The zero-order valence-corrected chi connectivity index (χ0v) is 7.70. The van der Waals surface area contributed by atoms with Crippen LogP contribution in [0.3, 0.4) is 0 Å². The van der Waals surface area contributed by atoms with Gasteiger partial charge in [0.15, 0.2) is 0 Å². The smallest absolute Gasteiger partial charge is 0.306 e. The minimum Gasteiger partial charge on any atom is -0.481 e. The molecule has 14 heavy (non-hydrogen) atoms. The van der Waals surface area contributed by atoms with E-state index in [1.165, 1.54) is 6.07 Å². The summed E-state index contributed by atoms with van der Waals surface area (Å²) in [6, 6.07) is 4.02. The Morgan fingerprint density at radius 3 is 2.64 bits per heavy atom. The van der Waals surface area contributed by atoms with Crippen LogP contribution in [0.5, 0.6) is 0 Å². The van der Waals surface area contributed by atoms with Crippen molar-refractivity contribution >= 4 is 5.97 Å². The Kier molecular flexibility index (Phi) is 3.19. The van der Waals surface area contributed by atoms with Crippen LogP contribution in [-0.4, -0.2) is 16.2 Å². The van der Waals surface area contributed by atoms with Crippen molar-refractivity contribution in [2.24, 2.45) is 0 Å². The van der Waals surface area contributed by atoms with E-state index < -0.39 is 24.3 Å². The average molecular weight is 198 g/mol. The van der Waals surface area contributed by atoms with E-state index >= 15 is 0 Å². The standard InChI is InChI=1S/C10H11FO3/c1-6-2-7(4-8(11)3-6)9(12)5-10(13)14/h2-4,9,12H,5H2,1H3,(H,13,14)/t9-/m0/s1. The van der Waals surface area contributed by atoms with Gasteiger partial charge in [0.05, 0.1) is 12.5 Å². The van der Waals surface area contributed by atoms with Crippen LogP contribution in [-0.2, 0) is 4.79 Å². The quantitative estimate of drug-likeness (QED) is 0.776. The van der Waals surface area contributed by atoms with Gasteiger partial charge in [-0.2, -0.15) is 0 Å². The van der Waals surface area contributed by atoms with Crippen LogP contribution in [0.1, 0.15) is 23.7 Å². The molecule has 3 nitrogen and oxygen atoms in total. The van der Waals surface area contributed by atoms with Gasteiger partial charge in [-0.25, -0.2) is 4.39 Å². The number of benzene rings is 1. The predicted molar refractivity (Wildman–Crippen MR) is 48.3 cm³/mol. The molecule has 0 saturated carbocycles. The summed E-state index contributed by atoms with van der Waals surface area (Å²) in [4.78, 5) is 10.3. The van der Waals surface area contributed by atoms with Gasteiger partial charge in [0.2, 0.25) is 0 Å². The number of carboxylic acids is 1. The highest BCUT2D eigenvalue weighted by Gasteiger charge is 2.12. The highest BCUT2D eigenvalue weighted by Crippen LogP contribution is 2.19. The van der Waals surface area contributed by atoms with Crippen LogP contribution in [0.2, 0.25) is 0 Å². The fourth-order valence-electron chi connectivity index (χ4n) is 1.24. The van der Waals surface area contributed by atoms with E-state index in [4.69, 9.17) is 5.11 Å². The minimum atomic E-state index is -1.15. The molecule has 1 atom stereocenters. The molecule has 2 N–H and O–H groups in total. The molecular formula is C10H11FO3. The largest absolute Gasteiger partial charge is 0.481 e. The predicted octanol–water partition coefficient (Wildman–Crippen LogP) is 1.64. The van der Waals surface area contributed by atoms with E-state index in [1.807, 2.05) is 0 Å². The first-order valence-corrected chi connectivity index (χ1v) is 4.16. The lowest BCUT2D eigenvalue weighted by molar-refractivity contribution is -0.139. The van der Waals surface area contributed by atoms with E-state index in [9.17, 15) is 14.3 Å². The topological polar surface area (TPSA) is 57.5 Å². The van der Waals surface area contributed by atoms with Crippen LogP contribution < -0.4 is 0 Å². The maximum Gasteiger partial charge on any atom is 0.306 e. The Balaban J connectivity index is 2.89. The van der Waals surface area contributed by atoms with Gasteiger partial charge >= 0.3 is 5.97 Å². The number of hydrogen-bond donors (Lipinski definition) is 2. The van der Waals surface area contributed by atoms with Gasteiger partial charge < -0.3 is 10.2 Å². The first-order chi connectivity index (χ1) is 6.49. The molecule has 4 heteroatoms. The van der Waals surface area contributed by atoms with Crippen molar-refractivity contribution < 1.29 is 19.4 Å². The third kappa shape index (κ3) is 2.81. The van der Waals surface area contributed by atoms with Gasteiger partial charge in [0, 0.05) is 0 Å². The summed E-state index contributed by atoms with van der Waals surface area (Å²) in [6.07, 6.45) is -1.56. The van der Waals surface area contributed by atoms with E-state index in [0.717, 1.165) is 6.07 Å². The molecule has 0 spiro atoms. The van der Waals surface area contributed by atoms with Gasteiger partial charge in [-0.05, 0) is 30.2 Å². The molecule has 0 bridgehead atoms. The second kappa shape index (κ2) is 4.19. The maximum absolute atomic E-state index is 12.9. The first kappa shape index (κ1) is 10.7. The summed E-state index contributed by atoms with van der Waals surface area (Å²) >= 11 is 0. The van der Waals surface area contributed by atoms with E-state index in [2.05, 4.69) is 0 Å². The van der Waals surface area contributed by atoms with E-state index in [1.54, 1.807) is 13.0 Å². The van der Waals surface area contributed by atoms with Gasteiger partial charge in [-0.15, -0.1) is 0 Å². The molecule has 76 valence electrons. The summed E-state index contributed by atoms with van der Waals surface area (Å²) in [5.41, 5.74) is 0.953. The summed E-state index contributed by atoms with van der Waals surface area (Å²) in [7, 11) is 0. The second-order valence-electron chi connectivity index (χ2n) is 3.18. The van der Waals surface area contributed by atoms with Crippen LogP contribution in [0.4, 0.5) is 4.39 Å². The summed E-state index contributed by atoms with van der Waals surface area (Å²) < 4.78 is 12.9. The fourth-order valence-corrected chi connectivity index (χ4v) is 1.24. The number of aliphatic hydroxyl groups excluding tert-OH is 1. The summed E-state index contributed by atoms with van der Waals surface area (Å²) in [5.74, 6) is -1.58. The van der Waals surface area contributed by atoms with E-state index in [-0.39, 0.29) is 0 Å². The lowest BCUT2D eigenvalue weighted by Crippen LogP contribution is -2.05. The van der Waals surface area contributed by atoms with Crippen molar-refractivity contribution in [1.29, 1.82) is 0 Å². The van der Waals surface area contributed by atoms with Gasteiger partial charge in [0.1, 0.15) is 5.82 Å². The number of aryl methyl sites for hydroxylation is 1. The Bertz CT molecular complexity index is 329. The lowest BCUT2D eigenvalue weighted by Gasteiger charge is -2.09. The van der Waals surface area contributed by atoms with Gasteiger partial charge in [-0.1, -0.05) is 6.07 Å². The molecule has 1 rings (SSSR count). The van der Waals surface area contributed by atoms with Crippen molar-refractivity contribution in [3.63, 3.8) is 0 Å². The van der Waals surface area contributed by atoms with Crippen molar-refractivity contribution in [3.8, 4) is 0 Å². The normalized spacial score (nSPS) is 12.5. The number of aliphatic carboxylic acids is 1. The number of carbonyl (C=O) groups is 1. The zero-order chi connectivity index (χ0) is 10.7. The maximum atomic E-state index is 12.9. The Morgan fingerprint density at radius 2 is 2.14 bits per heavy atom. The van der Waals surface area contributed by atoms with Crippen molar-refractivity contribution in [1.82, 2.24) is 0 Å². The van der Waals surface area contributed by atoms with Crippen LogP contribution >= 0.6 is 0 Å². The molecule has 0 aliphatic heterocycles. The third-order valence-corrected chi connectivity index (χ3v) is 1.82. The van der Waals surface area contributed by atoms with Gasteiger partial charge in [-0.3, -0.25) is 4.79 Å². The Hall–Kier alpha value is -1.42.